The summed E-state index contributed by atoms with van der Waals surface area (Å²) in [7, 11) is 1.51. The fourth-order valence-corrected chi connectivity index (χ4v) is 22.3. The van der Waals surface area contributed by atoms with Crippen LogP contribution in [-0.4, -0.2) is 51.0 Å². The number of carbonyl (C=O) groups is 1. The predicted octanol–water partition coefficient (Wildman–Crippen LogP) is 7.61. The molecule has 1 atom stereocenters. The fraction of sp³-hybridized carbons (Fsp3) is 0.731. The SMILES string of the molecule is CCC[CH2][Sn]([CH2]CCC)([CH2]CCC)/[C](COC1CCCCO1)=C(/C(=O)OC)c1ccsc1. The number of unbranched alkanes of at least 4 members (excludes halogenated alkanes) is 3. The Balaban J connectivity index is 2.58. The zero-order valence-electron chi connectivity index (χ0n) is 20.8. The summed E-state index contributed by atoms with van der Waals surface area (Å²) in [5, 5.41) is 4.15. The first-order chi connectivity index (χ1) is 15.6. The number of carbonyl (C=O) groups excluding carboxylic acids is 1. The molecule has 0 saturated carbocycles. The van der Waals surface area contributed by atoms with E-state index in [0.29, 0.717) is 6.61 Å². The number of thiophene rings is 1. The van der Waals surface area contributed by atoms with Crippen LogP contribution in [0.15, 0.2) is 20.4 Å². The van der Waals surface area contributed by atoms with Crippen molar-refractivity contribution in [1.29, 1.82) is 0 Å². The second-order valence-electron chi connectivity index (χ2n) is 9.06. The molecular weight excluding hydrogens is 527 g/mol. The molecule has 1 unspecified atom stereocenters. The summed E-state index contributed by atoms with van der Waals surface area (Å²) in [4.78, 5) is 13.2. The molecule has 1 aromatic heterocycles. The van der Waals surface area contributed by atoms with Gasteiger partial charge in [0.25, 0.3) is 0 Å². The first-order valence-electron chi connectivity index (χ1n) is 12.7. The molecule has 0 aromatic carbocycles. The molecule has 32 heavy (non-hydrogen) atoms. The van der Waals surface area contributed by atoms with Crippen molar-refractivity contribution < 1.29 is 19.0 Å². The fourth-order valence-electron chi connectivity index (χ4n) is 4.81. The molecule has 0 radical (unpaired) electrons. The molecule has 1 fully saturated rings. The third-order valence-corrected chi connectivity index (χ3v) is 23.4. The molecule has 0 amide bonds. The summed E-state index contributed by atoms with van der Waals surface area (Å²) in [6, 6.07) is 2.07. The quantitative estimate of drug-likeness (QED) is 0.124. The van der Waals surface area contributed by atoms with E-state index in [1.54, 1.807) is 11.3 Å². The van der Waals surface area contributed by atoms with Crippen molar-refractivity contribution in [2.45, 2.75) is 98.2 Å². The molecule has 0 N–H and O–H groups in total. The molecule has 1 aromatic rings. The minimum atomic E-state index is -2.95. The number of rotatable bonds is 15. The molecule has 2 heterocycles. The van der Waals surface area contributed by atoms with Gasteiger partial charge in [0, 0.05) is 0 Å². The Morgan fingerprint density at radius 3 is 2.22 bits per heavy atom. The number of hydrogen-bond acceptors (Lipinski definition) is 5. The Bertz CT molecular complexity index is 658. The van der Waals surface area contributed by atoms with Gasteiger partial charge in [0.05, 0.1) is 0 Å². The van der Waals surface area contributed by atoms with Crippen molar-refractivity contribution in [3.05, 3.63) is 26.0 Å². The van der Waals surface area contributed by atoms with Crippen LogP contribution in [0.25, 0.3) is 5.57 Å². The Morgan fingerprint density at radius 1 is 1.09 bits per heavy atom. The van der Waals surface area contributed by atoms with Crippen LogP contribution in [0.4, 0.5) is 0 Å². The van der Waals surface area contributed by atoms with E-state index in [2.05, 4.69) is 37.6 Å². The summed E-state index contributed by atoms with van der Waals surface area (Å²) in [6.45, 7) is 8.15. The summed E-state index contributed by atoms with van der Waals surface area (Å²) >= 11 is -1.31. The van der Waals surface area contributed by atoms with Crippen LogP contribution in [-0.2, 0) is 19.0 Å². The molecule has 6 heteroatoms. The summed E-state index contributed by atoms with van der Waals surface area (Å²) in [5.41, 5.74) is 1.82. The topological polar surface area (TPSA) is 44.8 Å². The van der Waals surface area contributed by atoms with Crippen LogP contribution < -0.4 is 0 Å². The van der Waals surface area contributed by atoms with Crippen molar-refractivity contribution in [3.63, 3.8) is 0 Å². The molecule has 1 saturated heterocycles. The molecule has 182 valence electrons. The van der Waals surface area contributed by atoms with Gasteiger partial charge in [-0.15, -0.1) is 0 Å². The second kappa shape index (κ2) is 15.5. The van der Waals surface area contributed by atoms with Gasteiger partial charge < -0.3 is 0 Å². The van der Waals surface area contributed by atoms with E-state index in [1.165, 1.54) is 62.5 Å². The van der Waals surface area contributed by atoms with Crippen LogP contribution in [0.3, 0.4) is 0 Å². The van der Waals surface area contributed by atoms with Crippen molar-refractivity contribution in [3.8, 4) is 0 Å². The Kier molecular flexibility index (Phi) is 13.5. The molecule has 0 spiro atoms. The maximum atomic E-state index is 13.2. The summed E-state index contributed by atoms with van der Waals surface area (Å²) < 4.78 is 22.9. The van der Waals surface area contributed by atoms with Crippen molar-refractivity contribution in [2.24, 2.45) is 0 Å². The predicted molar refractivity (Wildman–Crippen MR) is 138 cm³/mol. The third kappa shape index (κ3) is 8.14. The molecular formula is C26H44O4SSn. The zero-order chi connectivity index (χ0) is 23.2. The Hall–Kier alpha value is -0.371. The van der Waals surface area contributed by atoms with Crippen molar-refractivity contribution in [1.82, 2.24) is 0 Å². The van der Waals surface area contributed by atoms with Gasteiger partial charge in [-0.25, -0.2) is 0 Å². The third-order valence-electron chi connectivity index (χ3n) is 6.72. The number of methoxy groups -OCH3 is 1. The standard InChI is InChI=1S/C14H17O4S.3C4H9.Sn/c1-16-14(15)12(11-6-9-19-10-11)5-8-18-13-4-2-3-7-17-13;3*1-3-4-2;/h6,9-10,13H,2-4,7-8H2,1H3;3*1,3-4H2,2H3;. The molecule has 1 aliphatic heterocycles. The van der Waals surface area contributed by atoms with Crippen molar-refractivity contribution >= 4 is 41.3 Å². The van der Waals surface area contributed by atoms with Gasteiger partial charge in [-0.3, -0.25) is 0 Å². The average molecular weight is 571 g/mol. The van der Waals surface area contributed by atoms with Gasteiger partial charge in [-0.05, 0) is 0 Å². The van der Waals surface area contributed by atoms with E-state index in [9.17, 15) is 4.79 Å². The number of hydrogen-bond donors (Lipinski definition) is 0. The Labute approximate surface area is 204 Å². The van der Waals surface area contributed by atoms with Crippen LogP contribution in [0.1, 0.15) is 84.1 Å². The van der Waals surface area contributed by atoms with E-state index in [-0.39, 0.29) is 12.3 Å². The molecule has 1 aliphatic rings. The molecule has 4 nitrogen and oxygen atoms in total. The minimum absolute atomic E-state index is 0.146. The van der Waals surface area contributed by atoms with Gasteiger partial charge >= 0.3 is 205 Å². The zero-order valence-corrected chi connectivity index (χ0v) is 24.4. The van der Waals surface area contributed by atoms with Gasteiger partial charge in [0.1, 0.15) is 0 Å². The summed E-state index contributed by atoms with van der Waals surface area (Å²) in [6.07, 6.45) is 10.4. The van der Waals surface area contributed by atoms with E-state index in [4.69, 9.17) is 14.2 Å². The monoisotopic (exact) mass is 572 g/mol. The van der Waals surface area contributed by atoms with Gasteiger partial charge in [-0.1, -0.05) is 0 Å². The molecule has 0 aliphatic carbocycles. The van der Waals surface area contributed by atoms with E-state index >= 15 is 0 Å². The normalized spacial score (nSPS) is 17.8. The van der Waals surface area contributed by atoms with Crippen LogP contribution in [0.5, 0.6) is 0 Å². The number of esters is 1. The van der Waals surface area contributed by atoms with E-state index in [1.807, 2.05) is 0 Å². The first kappa shape index (κ1) is 27.9. The summed E-state index contributed by atoms with van der Waals surface area (Å²) in [5.74, 6) is -0.197. The molecule has 2 rings (SSSR count). The van der Waals surface area contributed by atoms with Crippen LogP contribution in [0, 0.1) is 0 Å². The first-order valence-corrected chi connectivity index (χ1v) is 21.1. The van der Waals surface area contributed by atoms with Crippen LogP contribution in [0.2, 0.25) is 13.3 Å². The van der Waals surface area contributed by atoms with Gasteiger partial charge in [0.15, 0.2) is 0 Å². The number of ether oxygens (including phenoxy) is 3. The molecule has 0 bridgehead atoms. The Morgan fingerprint density at radius 2 is 1.75 bits per heavy atom. The second-order valence-corrected chi connectivity index (χ2v) is 23.1. The van der Waals surface area contributed by atoms with Gasteiger partial charge in [0.2, 0.25) is 0 Å². The van der Waals surface area contributed by atoms with Crippen molar-refractivity contribution in [2.75, 3.05) is 20.3 Å². The average Bonchev–Trinajstić information content (AvgIpc) is 3.36. The van der Waals surface area contributed by atoms with Gasteiger partial charge in [-0.2, -0.15) is 0 Å². The van der Waals surface area contributed by atoms with E-state index < -0.39 is 18.4 Å². The van der Waals surface area contributed by atoms with Crippen LogP contribution >= 0.6 is 11.3 Å². The maximum absolute atomic E-state index is 13.2. The van der Waals surface area contributed by atoms with E-state index in [0.717, 1.165) is 37.0 Å².